The van der Waals surface area contributed by atoms with Crippen molar-refractivity contribution in [2.24, 2.45) is 13.0 Å². The van der Waals surface area contributed by atoms with E-state index < -0.39 is 21.5 Å². The molecule has 3 aromatic rings. The topological polar surface area (TPSA) is 88.4 Å². The van der Waals surface area contributed by atoms with Crippen LogP contribution in [0.3, 0.4) is 0 Å². The molecular formula is C27H32N2O4S. The van der Waals surface area contributed by atoms with E-state index in [1.54, 1.807) is 35.9 Å². The summed E-state index contributed by atoms with van der Waals surface area (Å²) in [7, 11) is -1.96. The monoisotopic (exact) mass is 480 g/mol. The fourth-order valence-corrected chi connectivity index (χ4v) is 6.46. The van der Waals surface area contributed by atoms with Crippen LogP contribution in [0.15, 0.2) is 59.5 Å². The highest BCUT2D eigenvalue weighted by molar-refractivity contribution is 7.89. The van der Waals surface area contributed by atoms with Gasteiger partial charge in [-0.1, -0.05) is 42.5 Å². The Bertz CT molecular complexity index is 1380. The molecule has 0 spiro atoms. The second-order valence-corrected chi connectivity index (χ2v) is 11.7. The Morgan fingerprint density at radius 3 is 2.44 bits per heavy atom. The van der Waals surface area contributed by atoms with Crippen LogP contribution in [-0.4, -0.2) is 29.6 Å². The van der Waals surface area contributed by atoms with Gasteiger partial charge in [-0.3, -0.25) is 0 Å². The van der Waals surface area contributed by atoms with Crippen molar-refractivity contribution < 1.29 is 18.3 Å². The van der Waals surface area contributed by atoms with Crippen molar-refractivity contribution in [3.8, 4) is 11.1 Å². The fraction of sp³-hybridized carbons (Fsp3) is 0.370. The summed E-state index contributed by atoms with van der Waals surface area (Å²) in [5.74, 6) is -0.628. The molecule has 0 bridgehead atoms. The van der Waals surface area contributed by atoms with Gasteiger partial charge in [0.2, 0.25) is 10.0 Å². The van der Waals surface area contributed by atoms with Gasteiger partial charge in [0.15, 0.2) is 0 Å². The van der Waals surface area contributed by atoms with Crippen LogP contribution >= 0.6 is 0 Å². The van der Waals surface area contributed by atoms with Crippen molar-refractivity contribution in [1.82, 2.24) is 9.29 Å². The molecule has 1 aliphatic rings. The zero-order chi connectivity index (χ0) is 24.7. The second-order valence-electron chi connectivity index (χ2n) is 10.1. The van der Waals surface area contributed by atoms with E-state index in [2.05, 4.69) is 16.9 Å². The van der Waals surface area contributed by atoms with Gasteiger partial charge in [0.05, 0.1) is 4.90 Å². The van der Waals surface area contributed by atoms with E-state index >= 15 is 0 Å². The lowest BCUT2D eigenvalue weighted by Gasteiger charge is -2.22. The van der Waals surface area contributed by atoms with E-state index in [1.165, 1.54) is 0 Å². The molecule has 2 N–H and O–H groups in total. The highest BCUT2D eigenvalue weighted by atomic mass is 32.2. The van der Waals surface area contributed by atoms with E-state index in [1.807, 2.05) is 39.0 Å². The lowest BCUT2D eigenvalue weighted by atomic mass is 9.89. The van der Waals surface area contributed by atoms with Crippen LogP contribution in [0.1, 0.15) is 56.2 Å². The van der Waals surface area contributed by atoms with Crippen LogP contribution in [0.2, 0.25) is 0 Å². The molecule has 0 fully saturated rings. The number of aromatic nitrogens is 1. The van der Waals surface area contributed by atoms with E-state index in [-0.39, 0.29) is 10.6 Å². The molecule has 34 heavy (non-hydrogen) atoms. The van der Waals surface area contributed by atoms with Gasteiger partial charge in [-0.25, -0.2) is 17.9 Å². The summed E-state index contributed by atoms with van der Waals surface area (Å²) in [5.41, 5.74) is 2.23. The zero-order valence-electron chi connectivity index (χ0n) is 20.1. The van der Waals surface area contributed by atoms with Crippen LogP contribution in [0.25, 0.3) is 21.9 Å². The van der Waals surface area contributed by atoms with Gasteiger partial charge in [-0.2, -0.15) is 0 Å². The molecule has 7 heteroatoms. The molecule has 1 aliphatic carbocycles. The average molecular weight is 481 g/mol. The molecule has 0 saturated carbocycles. The Hall–Kier alpha value is -2.90. The summed E-state index contributed by atoms with van der Waals surface area (Å²) >= 11 is 0. The Morgan fingerprint density at radius 1 is 1.12 bits per heavy atom. The molecule has 0 radical (unpaired) electrons. The van der Waals surface area contributed by atoms with Crippen LogP contribution in [0.4, 0.5) is 0 Å². The summed E-state index contributed by atoms with van der Waals surface area (Å²) < 4.78 is 30.9. The van der Waals surface area contributed by atoms with Gasteiger partial charge < -0.3 is 9.67 Å². The highest BCUT2D eigenvalue weighted by Gasteiger charge is 2.26. The molecule has 0 saturated heterocycles. The van der Waals surface area contributed by atoms with Crippen LogP contribution in [0, 0.1) is 5.92 Å². The molecule has 6 nitrogen and oxygen atoms in total. The van der Waals surface area contributed by atoms with Crippen molar-refractivity contribution >= 4 is 26.8 Å². The summed E-state index contributed by atoms with van der Waals surface area (Å²) in [6.45, 7) is 5.43. The van der Waals surface area contributed by atoms with Crippen molar-refractivity contribution in [3.05, 3.63) is 66.0 Å². The summed E-state index contributed by atoms with van der Waals surface area (Å²) in [6.07, 6.45) is 8.44. The summed E-state index contributed by atoms with van der Waals surface area (Å²) in [4.78, 5) is 12.2. The first kappa shape index (κ1) is 24.2. The molecule has 0 aliphatic heterocycles. The third-order valence-corrected chi connectivity index (χ3v) is 8.11. The SMILES string of the molecule is Cn1c(C(=O)O)cc(-c2ccc(S(=O)(=O)NC(C)(C)C)c3ccccc23)c1CC1C=CCCC1. The first-order valence-electron chi connectivity index (χ1n) is 11.6. The number of aromatic carboxylic acids is 1. The van der Waals surface area contributed by atoms with Gasteiger partial charge in [0, 0.05) is 29.2 Å². The highest BCUT2D eigenvalue weighted by Crippen LogP contribution is 2.37. The zero-order valence-corrected chi connectivity index (χ0v) is 20.9. The maximum Gasteiger partial charge on any atom is 0.352 e. The molecule has 1 unspecified atom stereocenters. The molecule has 1 aromatic heterocycles. The number of hydrogen-bond acceptors (Lipinski definition) is 3. The van der Waals surface area contributed by atoms with Gasteiger partial charge in [-0.05, 0) is 75.5 Å². The van der Waals surface area contributed by atoms with E-state index in [4.69, 9.17) is 0 Å². The Balaban J connectivity index is 1.91. The number of sulfonamides is 1. The summed E-state index contributed by atoms with van der Waals surface area (Å²) in [6, 6.07) is 12.6. The standard InChI is InChI=1S/C27H32N2O4S/c1-27(2,3)28-34(32,33)25-15-14-20(19-12-8-9-13-21(19)25)22-17-24(26(30)31)29(4)23(22)16-18-10-6-5-7-11-18/h6,8-10,12-15,17-18,28H,5,7,11,16H2,1-4H3,(H,30,31). The van der Waals surface area contributed by atoms with Crippen molar-refractivity contribution in [2.75, 3.05) is 0 Å². The van der Waals surface area contributed by atoms with Crippen LogP contribution in [0.5, 0.6) is 0 Å². The smallest absolute Gasteiger partial charge is 0.352 e. The number of fused-ring (bicyclic) bond motifs is 1. The largest absolute Gasteiger partial charge is 0.477 e. The van der Waals surface area contributed by atoms with Crippen molar-refractivity contribution in [2.45, 2.75) is 56.9 Å². The maximum absolute atomic E-state index is 13.2. The van der Waals surface area contributed by atoms with Gasteiger partial charge >= 0.3 is 5.97 Å². The summed E-state index contributed by atoms with van der Waals surface area (Å²) in [5, 5.41) is 11.2. The van der Waals surface area contributed by atoms with Gasteiger partial charge in [-0.15, -0.1) is 0 Å². The van der Waals surface area contributed by atoms with Crippen molar-refractivity contribution in [1.29, 1.82) is 0 Å². The Labute approximate surface area is 201 Å². The minimum Gasteiger partial charge on any atom is -0.477 e. The van der Waals surface area contributed by atoms with Gasteiger partial charge in [0.1, 0.15) is 5.69 Å². The Morgan fingerprint density at radius 2 is 1.82 bits per heavy atom. The van der Waals surface area contributed by atoms with E-state index in [0.29, 0.717) is 11.3 Å². The van der Waals surface area contributed by atoms with Gasteiger partial charge in [0.25, 0.3) is 0 Å². The Kier molecular flexibility index (Phi) is 6.44. The van der Waals surface area contributed by atoms with Crippen LogP contribution < -0.4 is 4.72 Å². The van der Waals surface area contributed by atoms with E-state index in [9.17, 15) is 18.3 Å². The predicted molar refractivity (Wildman–Crippen MR) is 136 cm³/mol. The lowest BCUT2D eigenvalue weighted by Crippen LogP contribution is -2.40. The number of benzene rings is 2. The molecule has 0 amide bonds. The van der Waals surface area contributed by atoms with E-state index in [0.717, 1.165) is 47.9 Å². The minimum absolute atomic E-state index is 0.216. The number of nitrogens with one attached hydrogen (secondary N) is 1. The molecule has 2 aromatic carbocycles. The third kappa shape index (κ3) is 4.81. The quantitative estimate of drug-likeness (QED) is 0.455. The minimum atomic E-state index is -3.75. The predicted octanol–water partition coefficient (Wildman–Crippen LogP) is 5.52. The molecule has 180 valence electrons. The third-order valence-electron chi connectivity index (χ3n) is 6.29. The molecule has 1 heterocycles. The fourth-order valence-electron chi connectivity index (χ4n) is 4.83. The van der Waals surface area contributed by atoms with Crippen LogP contribution in [-0.2, 0) is 23.5 Å². The maximum atomic E-state index is 13.2. The average Bonchev–Trinajstić information content (AvgIpc) is 3.08. The number of carboxylic acids is 1. The first-order valence-corrected chi connectivity index (χ1v) is 13.1. The molecule has 4 rings (SSSR count). The lowest BCUT2D eigenvalue weighted by molar-refractivity contribution is 0.0686. The molecular weight excluding hydrogens is 448 g/mol. The number of carboxylic acid groups (broad SMARTS) is 1. The number of allylic oxidation sites excluding steroid dienone is 2. The first-order chi connectivity index (χ1) is 16.0. The van der Waals surface area contributed by atoms with Crippen molar-refractivity contribution in [3.63, 3.8) is 0 Å². The number of rotatable bonds is 6. The number of carbonyl (C=O) groups is 1. The molecule has 1 atom stereocenters. The number of nitrogens with zero attached hydrogens (tertiary/aromatic N) is 1. The normalized spacial score (nSPS) is 16.8. The second kappa shape index (κ2) is 9.04. The number of hydrogen-bond donors (Lipinski definition) is 2.